The second-order valence-corrected chi connectivity index (χ2v) is 3.43. The van der Waals surface area contributed by atoms with Gasteiger partial charge >= 0.3 is 0 Å². The van der Waals surface area contributed by atoms with Crippen LogP contribution in [0.3, 0.4) is 0 Å². The number of amides is 1. The molecule has 1 rings (SSSR count). The van der Waals surface area contributed by atoms with Crippen molar-refractivity contribution in [3.8, 4) is 0 Å². The fraction of sp³-hybridized carbons (Fsp3) is 0.214. The molecule has 1 amide bonds. The fourth-order valence-electron chi connectivity index (χ4n) is 1.30. The van der Waals surface area contributed by atoms with Crippen LogP contribution in [0.1, 0.15) is 12.0 Å². The number of likely N-dealkylation sites (N-methyl/N-ethyl adjacent to an activating group) is 1. The first-order valence-corrected chi connectivity index (χ1v) is 5.42. The number of hydrogen-bond donors (Lipinski definition) is 1. The Bertz CT molecular complexity index is 366. The first-order valence-electron chi connectivity index (χ1n) is 5.42. The quantitative estimate of drug-likeness (QED) is 0.593. The molecule has 0 bridgehead atoms. The average molecular weight is 215 g/mol. The van der Waals surface area contributed by atoms with Crippen LogP contribution < -0.4 is 5.32 Å². The number of aryl methyl sites for hydroxylation is 1. The van der Waals surface area contributed by atoms with Crippen molar-refractivity contribution in [1.82, 2.24) is 5.32 Å². The normalized spacial score (nSPS) is 11.1. The smallest absolute Gasteiger partial charge is 0.243 e. The summed E-state index contributed by atoms with van der Waals surface area (Å²) >= 11 is 0. The van der Waals surface area contributed by atoms with Crippen molar-refractivity contribution in [1.29, 1.82) is 0 Å². The maximum Gasteiger partial charge on any atom is 0.243 e. The molecule has 0 aliphatic heterocycles. The van der Waals surface area contributed by atoms with E-state index in [-0.39, 0.29) is 5.91 Å². The van der Waals surface area contributed by atoms with Gasteiger partial charge in [-0.1, -0.05) is 48.6 Å². The van der Waals surface area contributed by atoms with Gasteiger partial charge in [-0.25, -0.2) is 0 Å². The molecule has 16 heavy (non-hydrogen) atoms. The van der Waals surface area contributed by atoms with Gasteiger partial charge in [0.25, 0.3) is 0 Å². The fourth-order valence-corrected chi connectivity index (χ4v) is 1.30. The number of hydrogen-bond acceptors (Lipinski definition) is 1. The maximum absolute atomic E-state index is 10.8. The van der Waals surface area contributed by atoms with Crippen LogP contribution in [0.25, 0.3) is 0 Å². The highest BCUT2D eigenvalue weighted by atomic mass is 16.1. The molecule has 0 saturated heterocycles. The van der Waals surface area contributed by atoms with Gasteiger partial charge in [0, 0.05) is 13.1 Å². The van der Waals surface area contributed by atoms with Crippen molar-refractivity contribution < 1.29 is 4.79 Å². The maximum atomic E-state index is 10.8. The zero-order chi connectivity index (χ0) is 11.6. The Balaban J connectivity index is 2.23. The number of nitrogens with one attached hydrogen (secondary N) is 1. The first kappa shape index (κ1) is 12.2. The minimum Gasteiger partial charge on any atom is -0.356 e. The van der Waals surface area contributed by atoms with Crippen molar-refractivity contribution >= 4 is 5.91 Å². The summed E-state index contributed by atoms with van der Waals surface area (Å²) in [4.78, 5) is 10.8. The van der Waals surface area contributed by atoms with Crippen LogP contribution in [0.15, 0.2) is 54.6 Å². The Morgan fingerprint density at radius 3 is 2.69 bits per heavy atom. The summed E-state index contributed by atoms with van der Waals surface area (Å²) in [5.74, 6) is -0.0762. The molecule has 0 aromatic heterocycles. The SMILES string of the molecule is CNC(=O)C=CC=CCCc1ccccc1. The topological polar surface area (TPSA) is 29.1 Å². The molecule has 0 heterocycles. The zero-order valence-corrected chi connectivity index (χ0v) is 9.52. The van der Waals surface area contributed by atoms with Crippen LogP contribution in [-0.4, -0.2) is 13.0 Å². The number of benzene rings is 1. The van der Waals surface area contributed by atoms with Gasteiger partial charge in [-0.2, -0.15) is 0 Å². The van der Waals surface area contributed by atoms with Crippen molar-refractivity contribution in [3.05, 3.63) is 60.2 Å². The minimum absolute atomic E-state index is 0.0762. The lowest BCUT2D eigenvalue weighted by Crippen LogP contribution is -2.13. The Labute approximate surface area is 96.7 Å². The molecule has 0 atom stereocenters. The molecule has 0 radical (unpaired) electrons. The lowest BCUT2D eigenvalue weighted by molar-refractivity contribution is -0.116. The van der Waals surface area contributed by atoms with E-state index >= 15 is 0 Å². The largest absolute Gasteiger partial charge is 0.356 e. The summed E-state index contributed by atoms with van der Waals surface area (Å²) in [6, 6.07) is 10.4. The van der Waals surface area contributed by atoms with E-state index < -0.39 is 0 Å². The summed E-state index contributed by atoms with van der Waals surface area (Å²) in [7, 11) is 1.62. The standard InChI is InChI=1S/C14H17NO/c1-15-14(16)12-8-3-2-5-9-13-10-6-4-7-11-13/h2-4,6-8,10-12H,5,9H2,1H3,(H,15,16). The zero-order valence-electron chi connectivity index (χ0n) is 9.52. The predicted octanol–water partition coefficient (Wildman–Crippen LogP) is 2.48. The molecule has 0 unspecified atom stereocenters. The van der Waals surface area contributed by atoms with Crippen molar-refractivity contribution in [2.45, 2.75) is 12.8 Å². The van der Waals surface area contributed by atoms with Gasteiger partial charge < -0.3 is 5.32 Å². The summed E-state index contributed by atoms with van der Waals surface area (Å²) in [5, 5.41) is 2.52. The Morgan fingerprint density at radius 1 is 1.25 bits per heavy atom. The Morgan fingerprint density at radius 2 is 2.00 bits per heavy atom. The third-order valence-corrected chi connectivity index (χ3v) is 2.18. The van der Waals surface area contributed by atoms with E-state index in [0.717, 1.165) is 12.8 Å². The Kier molecular flexibility index (Phi) is 5.71. The molecule has 1 N–H and O–H groups in total. The van der Waals surface area contributed by atoms with Gasteiger partial charge in [0.1, 0.15) is 0 Å². The van der Waals surface area contributed by atoms with Crippen LogP contribution in [0.2, 0.25) is 0 Å². The molecule has 84 valence electrons. The molecule has 0 spiro atoms. The van der Waals surface area contributed by atoms with E-state index in [4.69, 9.17) is 0 Å². The lowest BCUT2D eigenvalue weighted by Gasteiger charge is -1.95. The molecule has 0 aliphatic carbocycles. The molecule has 0 fully saturated rings. The van der Waals surface area contributed by atoms with E-state index in [1.807, 2.05) is 24.3 Å². The third kappa shape index (κ3) is 5.15. The van der Waals surface area contributed by atoms with Gasteiger partial charge in [-0.15, -0.1) is 0 Å². The highest BCUT2D eigenvalue weighted by Crippen LogP contribution is 2.02. The third-order valence-electron chi connectivity index (χ3n) is 2.18. The minimum atomic E-state index is -0.0762. The first-order chi connectivity index (χ1) is 7.83. The highest BCUT2D eigenvalue weighted by molar-refractivity contribution is 5.87. The van der Waals surface area contributed by atoms with E-state index in [0.29, 0.717) is 0 Å². The van der Waals surface area contributed by atoms with Crippen molar-refractivity contribution in [3.63, 3.8) is 0 Å². The van der Waals surface area contributed by atoms with Gasteiger partial charge in [0.15, 0.2) is 0 Å². The van der Waals surface area contributed by atoms with Crippen LogP contribution in [0, 0.1) is 0 Å². The van der Waals surface area contributed by atoms with Crippen LogP contribution in [0.4, 0.5) is 0 Å². The molecule has 2 heteroatoms. The number of carbonyl (C=O) groups is 1. The highest BCUT2D eigenvalue weighted by Gasteiger charge is 1.87. The summed E-state index contributed by atoms with van der Waals surface area (Å²) < 4.78 is 0. The second-order valence-electron chi connectivity index (χ2n) is 3.43. The molecule has 1 aromatic rings. The summed E-state index contributed by atoms with van der Waals surface area (Å²) in [6.45, 7) is 0. The van der Waals surface area contributed by atoms with E-state index in [9.17, 15) is 4.79 Å². The predicted molar refractivity (Wildman–Crippen MR) is 67.1 cm³/mol. The summed E-state index contributed by atoms with van der Waals surface area (Å²) in [5.41, 5.74) is 1.34. The van der Waals surface area contributed by atoms with Crippen molar-refractivity contribution in [2.75, 3.05) is 7.05 Å². The van der Waals surface area contributed by atoms with Crippen LogP contribution in [0.5, 0.6) is 0 Å². The molecular formula is C14H17NO. The lowest BCUT2D eigenvalue weighted by atomic mass is 10.1. The Hall–Kier alpha value is -1.83. The van der Waals surface area contributed by atoms with Crippen LogP contribution in [-0.2, 0) is 11.2 Å². The van der Waals surface area contributed by atoms with E-state index in [1.165, 1.54) is 11.6 Å². The van der Waals surface area contributed by atoms with Gasteiger partial charge in [0.2, 0.25) is 5.91 Å². The number of allylic oxidation sites excluding steroid dienone is 3. The van der Waals surface area contributed by atoms with Gasteiger partial charge in [-0.3, -0.25) is 4.79 Å². The van der Waals surface area contributed by atoms with Gasteiger partial charge in [-0.05, 0) is 18.4 Å². The van der Waals surface area contributed by atoms with E-state index in [2.05, 4.69) is 23.5 Å². The average Bonchev–Trinajstić information content (AvgIpc) is 2.34. The molecule has 0 saturated carbocycles. The summed E-state index contributed by atoms with van der Waals surface area (Å²) in [6.07, 6.45) is 9.25. The second kappa shape index (κ2) is 7.46. The molecule has 1 aromatic carbocycles. The molecular weight excluding hydrogens is 198 g/mol. The van der Waals surface area contributed by atoms with Crippen LogP contribution >= 0.6 is 0 Å². The number of carbonyl (C=O) groups excluding carboxylic acids is 1. The van der Waals surface area contributed by atoms with Gasteiger partial charge in [0.05, 0.1) is 0 Å². The number of rotatable bonds is 5. The molecule has 0 aliphatic rings. The van der Waals surface area contributed by atoms with Crippen molar-refractivity contribution in [2.24, 2.45) is 0 Å². The van der Waals surface area contributed by atoms with E-state index in [1.54, 1.807) is 13.1 Å². The molecule has 2 nitrogen and oxygen atoms in total. The monoisotopic (exact) mass is 215 g/mol.